The van der Waals surface area contributed by atoms with Gasteiger partial charge in [0, 0.05) is 22.6 Å². The Morgan fingerprint density at radius 3 is 2.24 bits per heavy atom. The molecular weight excluding hydrogens is 584 g/mol. The van der Waals surface area contributed by atoms with Crippen molar-refractivity contribution >= 4 is 27.8 Å². The van der Waals surface area contributed by atoms with Gasteiger partial charge in [0.25, 0.3) is 15.9 Å². The number of ether oxygens (including phenoxy) is 1. The van der Waals surface area contributed by atoms with Crippen molar-refractivity contribution in [3.8, 4) is 11.4 Å². The molecule has 0 bridgehead atoms. The molecule has 0 unspecified atom stereocenters. The number of methoxy groups -OCH3 is 1. The predicted octanol–water partition coefficient (Wildman–Crippen LogP) is 6.88. The van der Waals surface area contributed by atoms with Gasteiger partial charge in [-0.05, 0) is 99.0 Å². The summed E-state index contributed by atoms with van der Waals surface area (Å²) in [5.74, 6) is 0.00348. The average molecular weight is 621 g/mol. The van der Waals surface area contributed by atoms with E-state index >= 15 is 0 Å². The zero-order valence-electron chi connectivity index (χ0n) is 26.0. The van der Waals surface area contributed by atoms with Gasteiger partial charge >= 0.3 is 0 Å². The van der Waals surface area contributed by atoms with Crippen LogP contribution in [0.2, 0.25) is 0 Å². The first kappa shape index (κ1) is 31.3. The van der Waals surface area contributed by atoms with Crippen molar-refractivity contribution in [2.24, 2.45) is 5.10 Å². The molecule has 0 saturated heterocycles. The summed E-state index contributed by atoms with van der Waals surface area (Å²) in [7, 11) is -2.56. The molecule has 0 fully saturated rings. The fourth-order valence-corrected chi connectivity index (χ4v) is 6.68. The molecule has 0 aliphatic rings. The Labute approximate surface area is 264 Å². The van der Waals surface area contributed by atoms with Crippen molar-refractivity contribution < 1.29 is 17.9 Å². The number of anilines is 1. The molecule has 45 heavy (non-hydrogen) atoms. The van der Waals surface area contributed by atoms with E-state index < -0.39 is 15.9 Å². The highest BCUT2D eigenvalue weighted by Crippen LogP contribution is 2.30. The summed E-state index contributed by atoms with van der Waals surface area (Å²) in [6.45, 7) is 8.23. The first-order valence-electron chi connectivity index (χ1n) is 14.5. The van der Waals surface area contributed by atoms with Crippen LogP contribution in [0.15, 0.2) is 113 Å². The minimum Gasteiger partial charge on any atom is -0.497 e. The number of nitrogens with one attached hydrogen (secondary N) is 1. The Hall–Kier alpha value is -5.15. The van der Waals surface area contributed by atoms with Crippen molar-refractivity contribution in [2.75, 3.05) is 11.4 Å². The predicted molar refractivity (Wildman–Crippen MR) is 179 cm³/mol. The molecule has 1 amide bonds. The highest BCUT2D eigenvalue weighted by molar-refractivity contribution is 7.92. The number of hydrogen-bond donors (Lipinski definition) is 1. The van der Waals surface area contributed by atoms with Crippen molar-refractivity contribution in [2.45, 2.75) is 39.1 Å². The van der Waals surface area contributed by atoms with Crippen LogP contribution in [-0.4, -0.2) is 32.2 Å². The van der Waals surface area contributed by atoms with Gasteiger partial charge in [-0.15, -0.1) is 0 Å². The Kier molecular flexibility index (Phi) is 9.20. The smallest absolute Gasteiger partial charge is 0.273 e. The Morgan fingerprint density at radius 2 is 1.56 bits per heavy atom. The molecule has 1 heterocycles. The molecule has 0 atom stereocenters. The number of hydrogen-bond acceptors (Lipinski definition) is 5. The lowest BCUT2D eigenvalue weighted by Crippen LogP contribution is -2.33. The fourth-order valence-electron chi connectivity index (χ4n) is 5.21. The van der Waals surface area contributed by atoms with Gasteiger partial charge in [0.1, 0.15) is 5.75 Å². The molecule has 5 rings (SSSR count). The average Bonchev–Trinajstić information content (AvgIpc) is 3.33. The largest absolute Gasteiger partial charge is 0.497 e. The van der Waals surface area contributed by atoms with E-state index in [9.17, 15) is 13.2 Å². The van der Waals surface area contributed by atoms with E-state index in [-0.39, 0.29) is 22.7 Å². The summed E-state index contributed by atoms with van der Waals surface area (Å²) in [4.78, 5) is 13.6. The van der Waals surface area contributed by atoms with Crippen LogP contribution in [0.3, 0.4) is 0 Å². The molecular formula is C36H36N4O4S. The Balaban J connectivity index is 1.45. The highest BCUT2D eigenvalue weighted by Gasteiger charge is 2.28. The number of benzene rings is 4. The van der Waals surface area contributed by atoms with Gasteiger partial charge in [0.15, 0.2) is 0 Å². The maximum Gasteiger partial charge on any atom is 0.273 e. The van der Waals surface area contributed by atoms with Gasteiger partial charge in [-0.25, -0.2) is 13.8 Å². The molecule has 230 valence electrons. The second-order valence-corrected chi connectivity index (χ2v) is 12.7. The standard InChI is InChI=1S/C36H36N4O4S/c1-25-15-16-31(21-26(25)2)40-27(3)22-30(28(40)4)23-37-38-36(41)34-13-9-10-14-35(34)39(24-29-11-7-6-8-12-29)45(42,43)33-19-17-32(44-5)18-20-33/h6-23H,24H2,1-5H3,(H,38,41)/b37-23+. The van der Waals surface area contributed by atoms with Crippen molar-refractivity contribution in [3.63, 3.8) is 0 Å². The molecule has 0 radical (unpaired) electrons. The summed E-state index contributed by atoms with van der Waals surface area (Å²) in [6.07, 6.45) is 1.61. The molecule has 5 aromatic rings. The fraction of sp³-hybridized carbons (Fsp3) is 0.167. The summed E-state index contributed by atoms with van der Waals surface area (Å²) >= 11 is 0. The van der Waals surface area contributed by atoms with E-state index in [4.69, 9.17) is 4.74 Å². The molecule has 9 heteroatoms. The summed E-state index contributed by atoms with van der Waals surface area (Å²) in [5.41, 5.74) is 10.1. The first-order chi connectivity index (χ1) is 21.6. The third-order valence-corrected chi connectivity index (χ3v) is 9.60. The topological polar surface area (TPSA) is 93.0 Å². The van der Waals surface area contributed by atoms with E-state index in [0.29, 0.717) is 5.75 Å². The summed E-state index contributed by atoms with van der Waals surface area (Å²) < 4.78 is 36.7. The molecule has 4 aromatic carbocycles. The molecule has 0 saturated carbocycles. The lowest BCUT2D eigenvalue weighted by atomic mass is 10.1. The van der Waals surface area contributed by atoms with E-state index in [1.807, 2.05) is 50.2 Å². The number of aromatic nitrogens is 1. The van der Waals surface area contributed by atoms with Crippen LogP contribution in [-0.2, 0) is 16.6 Å². The number of hydrazone groups is 1. The number of para-hydroxylation sites is 1. The second kappa shape index (κ2) is 13.2. The van der Waals surface area contributed by atoms with Crippen molar-refractivity contribution in [3.05, 3.63) is 142 Å². The lowest BCUT2D eigenvalue weighted by molar-refractivity contribution is 0.0955. The van der Waals surface area contributed by atoms with Gasteiger partial charge in [0.05, 0.1) is 36.0 Å². The van der Waals surface area contributed by atoms with Crippen LogP contribution >= 0.6 is 0 Å². The second-order valence-electron chi connectivity index (χ2n) is 10.8. The third kappa shape index (κ3) is 6.68. The Bertz CT molecular complexity index is 1960. The minimum atomic E-state index is -4.08. The van der Waals surface area contributed by atoms with Crippen LogP contribution in [0.4, 0.5) is 5.69 Å². The lowest BCUT2D eigenvalue weighted by Gasteiger charge is -2.26. The van der Waals surface area contributed by atoms with Gasteiger partial charge in [-0.3, -0.25) is 9.10 Å². The number of carbonyl (C=O) groups is 1. The zero-order chi connectivity index (χ0) is 32.1. The number of nitrogens with zero attached hydrogens (tertiary/aromatic N) is 3. The first-order valence-corrected chi connectivity index (χ1v) is 15.9. The van der Waals surface area contributed by atoms with Crippen molar-refractivity contribution in [1.82, 2.24) is 9.99 Å². The van der Waals surface area contributed by atoms with E-state index in [1.165, 1.54) is 34.7 Å². The molecule has 0 spiro atoms. The van der Waals surface area contributed by atoms with Crippen LogP contribution < -0.4 is 14.5 Å². The van der Waals surface area contributed by atoms with Gasteiger partial charge in [-0.2, -0.15) is 5.10 Å². The van der Waals surface area contributed by atoms with Gasteiger partial charge in [0.2, 0.25) is 0 Å². The van der Waals surface area contributed by atoms with E-state index in [1.54, 1.807) is 42.6 Å². The highest BCUT2D eigenvalue weighted by atomic mass is 32.2. The van der Waals surface area contributed by atoms with E-state index in [0.717, 1.165) is 28.2 Å². The zero-order valence-corrected chi connectivity index (χ0v) is 26.8. The van der Waals surface area contributed by atoms with Crippen LogP contribution in [0.5, 0.6) is 5.75 Å². The molecule has 1 aromatic heterocycles. The van der Waals surface area contributed by atoms with Crippen LogP contribution in [0.25, 0.3) is 5.69 Å². The normalized spacial score (nSPS) is 11.5. The van der Waals surface area contributed by atoms with Crippen molar-refractivity contribution in [1.29, 1.82) is 0 Å². The number of amides is 1. The number of aryl methyl sites for hydroxylation is 3. The maximum absolute atomic E-state index is 14.1. The van der Waals surface area contributed by atoms with Crippen LogP contribution in [0, 0.1) is 27.7 Å². The SMILES string of the molecule is COc1ccc(S(=O)(=O)N(Cc2ccccc2)c2ccccc2C(=O)N/N=C/c2cc(C)n(-c3ccc(C)c(C)c3)c2C)cc1. The molecule has 0 aliphatic heterocycles. The summed E-state index contributed by atoms with van der Waals surface area (Å²) in [5, 5.41) is 4.26. The molecule has 8 nitrogen and oxygen atoms in total. The minimum absolute atomic E-state index is 0.0211. The number of carbonyl (C=O) groups excluding carboxylic acids is 1. The van der Waals surface area contributed by atoms with Gasteiger partial charge in [-0.1, -0.05) is 48.5 Å². The Morgan fingerprint density at radius 1 is 0.867 bits per heavy atom. The maximum atomic E-state index is 14.1. The molecule has 1 N–H and O–H groups in total. The van der Waals surface area contributed by atoms with Crippen LogP contribution in [0.1, 0.15) is 44.0 Å². The van der Waals surface area contributed by atoms with Gasteiger partial charge < -0.3 is 9.30 Å². The third-order valence-electron chi connectivity index (χ3n) is 7.82. The number of sulfonamides is 1. The summed E-state index contributed by atoms with van der Waals surface area (Å²) in [6, 6.07) is 30.4. The number of rotatable bonds is 10. The monoisotopic (exact) mass is 620 g/mol. The van der Waals surface area contributed by atoms with E-state index in [2.05, 4.69) is 47.1 Å². The molecule has 0 aliphatic carbocycles. The quantitative estimate of drug-likeness (QED) is 0.136.